The molecule has 0 aromatic heterocycles. The maximum Gasteiger partial charge on any atom is 0.308 e. The molecule has 1 aliphatic heterocycles. The molecule has 2 amide bonds. The van der Waals surface area contributed by atoms with Crippen molar-refractivity contribution in [3.8, 4) is 11.5 Å². The van der Waals surface area contributed by atoms with E-state index in [4.69, 9.17) is 9.47 Å². The number of benzene rings is 1. The number of imide groups is 1. The molecule has 1 heterocycles. The van der Waals surface area contributed by atoms with Crippen LogP contribution in [0.3, 0.4) is 0 Å². The van der Waals surface area contributed by atoms with Gasteiger partial charge in [-0.25, -0.2) is 0 Å². The van der Waals surface area contributed by atoms with Crippen LogP contribution in [-0.2, 0) is 14.4 Å². The fourth-order valence-corrected chi connectivity index (χ4v) is 2.42. The maximum absolute atomic E-state index is 11.4. The summed E-state index contributed by atoms with van der Waals surface area (Å²) in [5.74, 6) is -1.30. The summed E-state index contributed by atoms with van der Waals surface area (Å²) in [4.78, 5) is 44.9. The lowest BCUT2D eigenvalue weighted by molar-refractivity contribution is -0.134. The highest BCUT2D eigenvalue weighted by Crippen LogP contribution is 2.29. The molecule has 1 N–H and O–H groups in total. The first kappa shape index (κ1) is 17.5. The van der Waals surface area contributed by atoms with Crippen molar-refractivity contribution in [3.63, 3.8) is 0 Å². The van der Waals surface area contributed by atoms with Gasteiger partial charge >= 0.3 is 11.9 Å². The van der Waals surface area contributed by atoms with Gasteiger partial charge in [0.2, 0.25) is 0 Å². The summed E-state index contributed by atoms with van der Waals surface area (Å²) < 4.78 is 9.99. The van der Waals surface area contributed by atoms with E-state index in [2.05, 4.69) is 5.32 Å². The highest BCUT2D eigenvalue weighted by Gasteiger charge is 2.24. The van der Waals surface area contributed by atoms with E-state index in [9.17, 15) is 19.2 Å². The summed E-state index contributed by atoms with van der Waals surface area (Å²) in [5.41, 5.74) is 0.647. The van der Waals surface area contributed by atoms with Gasteiger partial charge in [0.15, 0.2) is 11.5 Å². The van der Waals surface area contributed by atoms with Gasteiger partial charge in [-0.2, -0.15) is 0 Å². The fraction of sp³-hybridized carbons (Fsp3) is 0.125. The van der Waals surface area contributed by atoms with Crippen molar-refractivity contribution in [3.05, 3.63) is 40.8 Å². The normalized spacial score (nSPS) is 15.7. The molecule has 0 aliphatic carbocycles. The van der Waals surface area contributed by atoms with Gasteiger partial charge in [-0.05, 0) is 35.5 Å². The largest absolute Gasteiger partial charge is 0.423 e. The Balaban J connectivity index is 2.21. The molecular weight excluding hydrogens is 334 g/mol. The molecule has 1 saturated heterocycles. The van der Waals surface area contributed by atoms with E-state index in [0.717, 1.165) is 11.8 Å². The van der Waals surface area contributed by atoms with Crippen LogP contribution in [-0.4, -0.2) is 23.1 Å². The fourth-order valence-electron chi connectivity index (χ4n) is 1.78. The Hall–Kier alpha value is -2.87. The highest BCUT2D eigenvalue weighted by molar-refractivity contribution is 8.18. The number of nitrogens with one attached hydrogen (secondary N) is 1. The molecule has 8 heteroatoms. The van der Waals surface area contributed by atoms with Crippen molar-refractivity contribution < 1.29 is 28.7 Å². The van der Waals surface area contributed by atoms with Gasteiger partial charge in [0.25, 0.3) is 11.1 Å². The zero-order chi connectivity index (χ0) is 17.7. The van der Waals surface area contributed by atoms with Crippen LogP contribution in [0.1, 0.15) is 19.4 Å². The van der Waals surface area contributed by atoms with Crippen LogP contribution < -0.4 is 14.8 Å². The molecule has 0 spiro atoms. The van der Waals surface area contributed by atoms with E-state index < -0.39 is 23.1 Å². The van der Waals surface area contributed by atoms with E-state index in [1.807, 2.05) is 0 Å². The third-order valence-electron chi connectivity index (χ3n) is 2.65. The quantitative estimate of drug-likeness (QED) is 0.507. The second-order valence-electron chi connectivity index (χ2n) is 4.63. The van der Waals surface area contributed by atoms with Gasteiger partial charge in [-0.3, -0.25) is 24.5 Å². The zero-order valence-corrected chi connectivity index (χ0v) is 13.6. The third-order valence-corrected chi connectivity index (χ3v) is 3.48. The van der Waals surface area contributed by atoms with Crippen molar-refractivity contribution in [2.45, 2.75) is 13.8 Å². The van der Waals surface area contributed by atoms with Crippen LogP contribution in [0.4, 0.5) is 4.79 Å². The molecule has 1 aromatic carbocycles. The molecule has 24 heavy (non-hydrogen) atoms. The molecule has 1 aromatic rings. The van der Waals surface area contributed by atoms with Crippen molar-refractivity contribution in [2.24, 2.45) is 0 Å². The van der Waals surface area contributed by atoms with E-state index in [-0.39, 0.29) is 16.4 Å². The van der Waals surface area contributed by atoms with Crippen LogP contribution in [0.25, 0.3) is 6.08 Å². The van der Waals surface area contributed by atoms with Crippen LogP contribution in [0, 0.1) is 0 Å². The van der Waals surface area contributed by atoms with Gasteiger partial charge in [0.1, 0.15) is 0 Å². The van der Waals surface area contributed by atoms with E-state index in [0.29, 0.717) is 5.56 Å². The molecule has 0 saturated carbocycles. The second-order valence-corrected chi connectivity index (χ2v) is 5.64. The van der Waals surface area contributed by atoms with Crippen molar-refractivity contribution >= 4 is 40.9 Å². The van der Waals surface area contributed by atoms with Crippen molar-refractivity contribution in [1.29, 1.82) is 0 Å². The van der Waals surface area contributed by atoms with Crippen LogP contribution in [0.2, 0.25) is 0 Å². The first-order chi connectivity index (χ1) is 11.3. The molecule has 0 radical (unpaired) electrons. The summed E-state index contributed by atoms with van der Waals surface area (Å²) in [6.45, 7) is 2.47. The SMILES string of the molecule is CC(=O)Oc1ccc(C=CC=C2SC(=O)NC2=O)cc1OC(C)=O. The number of allylic oxidation sites excluding steroid dienone is 2. The Morgan fingerprint density at radius 1 is 1.08 bits per heavy atom. The number of hydrogen-bond acceptors (Lipinski definition) is 7. The van der Waals surface area contributed by atoms with Gasteiger partial charge in [0.05, 0.1) is 4.91 Å². The van der Waals surface area contributed by atoms with Crippen molar-refractivity contribution in [2.75, 3.05) is 0 Å². The average Bonchev–Trinajstić information content (AvgIpc) is 2.79. The second kappa shape index (κ2) is 7.60. The molecule has 1 aliphatic rings. The van der Waals surface area contributed by atoms with Gasteiger partial charge in [-0.15, -0.1) is 0 Å². The Morgan fingerprint density at radius 3 is 2.33 bits per heavy atom. The Labute approximate surface area is 141 Å². The van der Waals surface area contributed by atoms with Crippen molar-refractivity contribution in [1.82, 2.24) is 5.32 Å². The number of thioether (sulfide) groups is 1. The van der Waals surface area contributed by atoms with Gasteiger partial charge in [0, 0.05) is 13.8 Å². The Morgan fingerprint density at radius 2 is 1.75 bits per heavy atom. The predicted molar refractivity (Wildman–Crippen MR) is 87.3 cm³/mol. The lowest BCUT2D eigenvalue weighted by Gasteiger charge is -2.09. The molecule has 1 fully saturated rings. The van der Waals surface area contributed by atoms with Crippen LogP contribution in [0.15, 0.2) is 35.3 Å². The van der Waals surface area contributed by atoms with E-state index in [1.165, 1.54) is 32.1 Å². The number of rotatable bonds is 4. The Bertz CT molecular complexity index is 781. The number of esters is 2. The number of carbonyl (C=O) groups excluding carboxylic acids is 4. The standard InChI is InChI=1S/C16H13NO6S/c1-9(18)22-12-7-6-11(8-13(12)23-10(2)19)4-3-5-14-15(20)17-16(21)24-14/h3-8H,1-2H3,(H,17,20,21). The first-order valence-electron chi connectivity index (χ1n) is 6.77. The smallest absolute Gasteiger partial charge is 0.308 e. The minimum atomic E-state index is -0.552. The number of carbonyl (C=O) groups is 4. The van der Waals surface area contributed by atoms with E-state index in [1.54, 1.807) is 18.2 Å². The number of amides is 2. The predicted octanol–water partition coefficient (Wildman–Crippen LogP) is 2.42. The topological polar surface area (TPSA) is 98.8 Å². The number of hydrogen-bond donors (Lipinski definition) is 1. The maximum atomic E-state index is 11.4. The van der Waals surface area contributed by atoms with Crippen LogP contribution in [0.5, 0.6) is 11.5 Å². The monoisotopic (exact) mass is 347 g/mol. The molecule has 124 valence electrons. The summed E-state index contributed by atoms with van der Waals surface area (Å²) in [5, 5.41) is 1.73. The molecular formula is C16H13NO6S. The lowest BCUT2D eigenvalue weighted by atomic mass is 10.2. The average molecular weight is 347 g/mol. The first-order valence-corrected chi connectivity index (χ1v) is 7.59. The molecule has 7 nitrogen and oxygen atoms in total. The summed E-state index contributed by atoms with van der Waals surface area (Å²) in [6.07, 6.45) is 4.73. The highest BCUT2D eigenvalue weighted by atomic mass is 32.2. The molecule has 2 rings (SSSR count). The lowest BCUT2D eigenvalue weighted by Crippen LogP contribution is -2.17. The molecule has 0 atom stereocenters. The van der Waals surface area contributed by atoms with Crippen LogP contribution >= 0.6 is 11.8 Å². The third kappa shape index (κ3) is 4.82. The van der Waals surface area contributed by atoms with E-state index >= 15 is 0 Å². The Kier molecular flexibility index (Phi) is 5.54. The summed E-state index contributed by atoms with van der Waals surface area (Å²) in [7, 11) is 0. The molecule has 0 unspecified atom stereocenters. The van der Waals surface area contributed by atoms with Gasteiger partial charge in [-0.1, -0.05) is 18.2 Å². The molecule has 0 bridgehead atoms. The zero-order valence-electron chi connectivity index (χ0n) is 12.8. The van der Waals surface area contributed by atoms with Gasteiger partial charge < -0.3 is 9.47 Å². The minimum absolute atomic E-state index is 0.107. The summed E-state index contributed by atoms with van der Waals surface area (Å²) in [6, 6.07) is 4.65. The minimum Gasteiger partial charge on any atom is -0.423 e. The summed E-state index contributed by atoms with van der Waals surface area (Å²) >= 11 is 0.813. The number of ether oxygens (including phenoxy) is 2.